The summed E-state index contributed by atoms with van der Waals surface area (Å²) in [5, 5.41) is 12.5. The summed E-state index contributed by atoms with van der Waals surface area (Å²) in [6.07, 6.45) is 1.62. The average Bonchev–Trinajstić information content (AvgIpc) is 3.31. The minimum absolute atomic E-state index is 0.00344. The number of nitrogens with zero attached hydrogens (tertiary/aromatic N) is 5. The Kier molecular flexibility index (Phi) is 5.95. The van der Waals surface area contributed by atoms with Crippen LogP contribution in [0.15, 0.2) is 58.3 Å². The second-order valence-corrected chi connectivity index (χ2v) is 8.09. The van der Waals surface area contributed by atoms with Crippen molar-refractivity contribution < 1.29 is 9.21 Å². The van der Waals surface area contributed by atoms with Gasteiger partial charge in [-0.15, -0.1) is 5.10 Å². The van der Waals surface area contributed by atoms with Crippen molar-refractivity contribution in [2.75, 3.05) is 5.75 Å². The molecule has 2 aromatic heterocycles. The van der Waals surface area contributed by atoms with E-state index in [1.807, 2.05) is 63.2 Å². The van der Waals surface area contributed by atoms with E-state index >= 15 is 0 Å². The molecular weight excluding hydrogens is 362 g/mol. The fourth-order valence-corrected chi connectivity index (χ4v) is 3.50. The summed E-state index contributed by atoms with van der Waals surface area (Å²) in [6, 6.07) is 13.6. The van der Waals surface area contributed by atoms with Gasteiger partial charge in [0, 0.05) is 6.54 Å². The van der Waals surface area contributed by atoms with Crippen molar-refractivity contribution in [3.05, 3.63) is 60.1 Å². The fraction of sp³-hybridized carbons (Fsp3) is 0.368. The molecule has 0 saturated heterocycles. The average molecular weight is 385 g/mol. The molecule has 0 fully saturated rings. The van der Waals surface area contributed by atoms with E-state index in [1.54, 1.807) is 15.8 Å². The maximum atomic E-state index is 12.9. The maximum absolute atomic E-state index is 12.9. The Bertz CT molecular complexity index is 856. The van der Waals surface area contributed by atoms with Crippen molar-refractivity contribution >= 4 is 17.7 Å². The Labute approximate surface area is 162 Å². The van der Waals surface area contributed by atoms with E-state index in [1.165, 1.54) is 11.8 Å². The number of carbonyl (C=O) groups excluding carboxylic acids is 1. The van der Waals surface area contributed by atoms with Crippen LogP contribution in [-0.4, -0.2) is 36.8 Å². The minimum Gasteiger partial charge on any atom is -0.467 e. The molecule has 8 heteroatoms. The monoisotopic (exact) mass is 385 g/mol. The largest absolute Gasteiger partial charge is 0.467 e. The first-order valence-electron chi connectivity index (χ1n) is 8.69. The SMILES string of the molecule is CC(C)(C)n1nnnc1SCC(=O)N(Cc1ccccc1)Cc1ccco1. The van der Waals surface area contributed by atoms with Gasteiger partial charge >= 0.3 is 0 Å². The van der Waals surface area contributed by atoms with E-state index in [4.69, 9.17) is 4.42 Å². The second-order valence-electron chi connectivity index (χ2n) is 7.15. The molecule has 3 rings (SSSR count). The Morgan fingerprint density at radius 1 is 1.15 bits per heavy atom. The van der Waals surface area contributed by atoms with Gasteiger partial charge in [0.25, 0.3) is 0 Å². The third-order valence-electron chi connectivity index (χ3n) is 3.90. The van der Waals surface area contributed by atoms with Gasteiger partial charge in [0.2, 0.25) is 11.1 Å². The molecule has 0 aliphatic rings. The normalized spacial score (nSPS) is 11.5. The number of amides is 1. The van der Waals surface area contributed by atoms with Gasteiger partial charge in [-0.3, -0.25) is 4.79 Å². The van der Waals surface area contributed by atoms with Crippen LogP contribution in [0, 0.1) is 0 Å². The molecule has 27 heavy (non-hydrogen) atoms. The van der Waals surface area contributed by atoms with E-state index in [0.29, 0.717) is 18.2 Å². The molecule has 0 N–H and O–H groups in total. The molecule has 2 heterocycles. The molecule has 1 amide bonds. The van der Waals surface area contributed by atoms with Crippen molar-refractivity contribution in [3.63, 3.8) is 0 Å². The highest BCUT2D eigenvalue weighted by Crippen LogP contribution is 2.22. The zero-order valence-electron chi connectivity index (χ0n) is 15.7. The lowest BCUT2D eigenvalue weighted by Crippen LogP contribution is -2.31. The topological polar surface area (TPSA) is 77.1 Å². The van der Waals surface area contributed by atoms with E-state index in [-0.39, 0.29) is 17.2 Å². The number of rotatable bonds is 7. The van der Waals surface area contributed by atoms with Crippen molar-refractivity contribution in [1.29, 1.82) is 0 Å². The lowest BCUT2D eigenvalue weighted by atomic mass is 10.1. The number of benzene rings is 1. The van der Waals surface area contributed by atoms with Gasteiger partial charge in [0.15, 0.2) is 0 Å². The molecule has 0 aliphatic heterocycles. The predicted octanol–water partition coefficient (Wildman–Crippen LogP) is 3.34. The van der Waals surface area contributed by atoms with Gasteiger partial charge in [-0.25, -0.2) is 4.68 Å². The van der Waals surface area contributed by atoms with Gasteiger partial charge in [0.05, 0.1) is 24.1 Å². The number of hydrogen-bond donors (Lipinski definition) is 0. The van der Waals surface area contributed by atoms with Crippen molar-refractivity contribution in [2.24, 2.45) is 0 Å². The predicted molar refractivity (Wildman–Crippen MR) is 103 cm³/mol. The Balaban J connectivity index is 1.70. The Hall–Kier alpha value is -2.61. The molecule has 0 bridgehead atoms. The van der Waals surface area contributed by atoms with E-state index in [9.17, 15) is 4.79 Å². The van der Waals surface area contributed by atoms with Crippen LogP contribution in [0.1, 0.15) is 32.1 Å². The summed E-state index contributed by atoms with van der Waals surface area (Å²) in [5.41, 5.74) is 0.828. The summed E-state index contributed by atoms with van der Waals surface area (Å²) in [4.78, 5) is 14.7. The summed E-state index contributed by atoms with van der Waals surface area (Å²) >= 11 is 1.35. The first-order valence-corrected chi connectivity index (χ1v) is 9.68. The van der Waals surface area contributed by atoms with Crippen LogP contribution < -0.4 is 0 Å². The number of thioether (sulfide) groups is 1. The zero-order chi connectivity index (χ0) is 19.3. The molecule has 0 radical (unpaired) electrons. The van der Waals surface area contributed by atoms with E-state index < -0.39 is 0 Å². The highest BCUT2D eigenvalue weighted by molar-refractivity contribution is 7.99. The van der Waals surface area contributed by atoms with Crippen LogP contribution in [0.25, 0.3) is 0 Å². The van der Waals surface area contributed by atoms with Crippen LogP contribution in [0.5, 0.6) is 0 Å². The maximum Gasteiger partial charge on any atom is 0.233 e. The second kappa shape index (κ2) is 8.39. The zero-order valence-corrected chi connectivity index (χ0v) is 16.5. The van der Waals surface area contributed by atoms with Gasteiger partial charge < -0.3 is 9.32 Å². The standard InChI is InChI=1S/C19H23N5O2S/c1-19(2,3)24-18(20-21-22-24)27-14-17(25)23(13-16-10-7-11-26-16)12-15-8-5-4-6-9-15/h4-11H,12-14H2,1-3H3. The van der Waals surface area contributed by atoms with Gasteiger partial charge in [-0.2, -0.15) is 0 Å². The lowest BCUT2D eigenvalue weighted by molar-refractivity contribution is -0.129. The molecule has 0 unspecified atom stereocenters. The minimum atomic E-state index is -0.243. The third kappa shape index (κ3) is 5.19. The number of aromatic nitrogens is 4. The molecule has 0 spiro atoms. The highest BCUT2D eigenvalue weighted by Gasteiger charge is 2.22. The first kappa shape index (κ1) is 19.2. The van der Waals surface area contributed by atoms with Crippen molar-refractivity contribution in [1.82, 2.24) is 25.1 Å². The van der Waals surface area contributed by atoms with Crippen LogP contribution in [0.2, 0.25) is 0 Å². The summed E-state index contributed by atoms with van der Waals surface area (Å²) in [6.45, 7) is 7.01. The molecule has 0 saturated carbocycles. The number of tetrazole rings is 1. The third-order valence-corrected chi connectivity index (χ3v) is 4.80. The van der Waals surface area contributed by atoms with Gasteiger partial charge in [-0.05, 0) is 48.9 Å². The van der Waals surface area contributed by atoms with Crippen molar-refractivity contribution in [3.8, 4) is 0 Å². The molecule has 1 aromatic carbocycles. The van der Waals surface area contributed by atoms with Crippen LogP contribution >= 0.6 is 11.8 Å². The Morgan fingerprint density at radius 3 is 2.59 bits per heavy atom. The smallest absolute Gasteiger partial charge is 0.233 e. The van der Waals surface area contributed by atoms with Crippen LogP contribution in [0.3, 0.4) is 0 Å². The van der Waals surface area contributed by atoms with E-state index in [2.05, 4.69) is 15.5 Å². The number of hydrogen-bond acceptors (Lipinski definition) is 6. The lowest BCUT2D eigenvalue weighted by Gasteiger charge is -2.22. The molecule has 3 aromatic rings. The van der Waals surface area contributed by atoms with Crippen LogP contribution in [-0.2, 0) is 23.4 Å². The molecule has 0 aliphatic carbocycles. The summed E-state index contributed by atoms with van der Waals surface area (Å²) in [7, 11) is 0. The van der Waals surface area contributed by atoms with Gasteiger partial charge in [-0.1, -0.05) is 42.1 Å². The quantitative estimate of drug-likeness (QED) is 0.581. The number of carbonyl (C=O) groups is 1. The molecule has 7 nitrogen and oxygen atoms in total. The summed E-state index contributed by atoms with van der Waals surface area (Å²) in [5.74, 6) is 1.01. The number of furan rings is 1. The van der Waals surface area contributed by atoms with Gasteiger partial charge in [0.1, 0.15) is 5.76 Å². The molecule has 142 valence electrons. The summed E-state index contributed by atoms with van der Waals surface area (Å²) < 4.78 is 7.16. The molecular formula is C19H23N5O2S. The van der Waals surface area contributed by atoms with Crippen LogP contribution in [0.4, 0.5) is 0 Å². The Morgan fingerprint density at radius 2 is 1.93 bits per heavy atom. The fourth-order valence-electron chi connectivity index (χ4n) is 2.53. The van der Waals surface area contributed by atoms with Crippen molar-refractivity contribution in [2.45, 2.75) is 44.6 Å². The molecule has 0 atom stereocenters. The highest BCUT2D eigenvalue weighted by atomic mass is 32.2. The first-order chi connectivity index (χ1) is 12.9. The van der Waals surface area contributed by atoms with E-state index in [0.717, 1.165) is 11.3 Å².